The van der Waals surface area contributed by atoms with Gasteiger partial charge in [-0.2, -0.15) is 0 Å². The van der Waals surface area contributed by atoms with E-state index in [1.807, 2.05) is 6.07 Å². The molecule has 2 rings (SSSR count). The summed E-state index contributed by atoms with van der Waals surface area (Å²) >= 11 is 0. The van der Waals surface area contributed by atoms with E-state index in [-0.39, 0.29) is 12.4 Å². The zero-order valence-electron chi connectivity index (χ0n) is 9.23. The van der Waals surface area contributed by atoms with Crippen molar-refractivity contribution in [3.63, 3.8) is 0 Å². The lowest BCUT2D eigenvalue weighted by Crippen LogP contribution is -2.30. The molecule has 0 bridgehead atoms. The Morgan fingerprint density at radius 2 is 2.07 bits per heavy atom. The lowest BCUT2D eigenvalue weighted by molar-refractivity contribution is 0.268. The van der Waals surface area contributed by atoms with E-state index in [4.69, 9.17) is 0 Å². The molecule has 1 unspecified atom stereocenters. The molecule has 0 amide bonds. The van der Waals surface area contributed by atoms with Crippen LogP contribution < -0.4 is 0 Å². The largest absolute Gasteiger partial charge is 0.508 e. The summed E-state index contributed by atoms with van der Waals surface area (Å²) < 4.78 is 0. The summed E-state index contributed by atoms with van der Waals surface area (Å²) in [6, 6.07) is 6.31. The van der Waals surface area contributed by atoms with Crippen LogP contribution in [0.1, 0.15) is 18.1 Å². The zero-order valence-corrected chi connectivity index (χ0v) is 10.0. The first-order valence-corrected chi connectivity index (χ1v) is 5.18. The molecule has 0 aliphatic carbocycles. The molecule has 1 N–H and O–H groups in total. The summed E-state index contributed by atoms with van der Waals surface area (Å²) in [4.78, 5) is 2.37. The van der Waals surface area contributed by atoms with Crippen LogP contribution in [0.15, 0.2) is 18.2 Å². The summed E-state index contributed by atoms with van der Waals surface area (Å²) in [5.41, 5.74) is 2.70. The van der Waals surface area contributed by atoms with Gasteiger partial charge in [0.05, 0.1) is 0 Å². The van der Waals surface area contributed by atoms with E-state index >= 15 is 0 Å². The third kappa shape index (κ3) is 2.64. The number of nitrogens with zero attached hydrogens (tertiary/aromatic N) is 1. The summed E-state index contributed by atoms with van der Waals surface area (Å²) in [7, 11) is 2.16. The van der Waals surface area contributed by atoms with Crippen LogP contribution in [0.25, 0.3) is 0 Å². The summed E-state index contributed by atoms with van der Waals surface area (Å²) in [6.07, 6.45) is 2.14. The van der Waals surface area contributed by atoms with Gasteiger partial charge < -0.3 is 10.0 Å². The van der Waals surface area contributed by atoms with Gasteiger partial charge in [0.15, 0.2) is 0 Å². The molecule has 0 radical (unpaired) electrons. The van der Waals surface area contributed by atoms with Gasteiger partial charge in [0.2, 0.25) is 0 Å². The van der Waals surface area contributed by atoms with E-state index in [1.54, 1.807) is 6.07 Å². The minimum atomic E-state index is 0. The van der Waals surface area contributed by atoms with E-state index in [0.29, 0.717) is 11.8 Å². The van der Waals surface area contributed by atoms with E-state index in [2.05, 4.69) is 24.9 Å². The van der Waals surface area contributed by atoms with E-state index in [9.17, 15) is 5.11 Å². The first-order chi connectivity index (χ1) is 6.66. The number of likely N-dealkylation sites (N-methyl/N-ethyl adjacent to an activating group) is 1. The molecule has 1 aromatic carbocycles. The highest BCUT2D eigenvalue weighted by Crippen LogP contribution is 2.22. The lowest BCUT2D eigenvalue weighted by atomic mass is 10.0. The SMILES string of the molecule is CC1Cc2cc(O)ccc2CCN1C.Cl. The third-order valence-corrected chi connectivity index (χ3v) is 3.19. The molecule has 0 spiro atoms. The predicted molar refractivity (Wildman–Crippen MR) is 64.9 cm³/mol. The molecule has 0 saturated carbocycles. The lowest BCUT2D eigenvalue weighted by Gasteiger charge is -2.21. The first-order valence-electron chi connectivity index (χ1n) is 5.18. The Morgan fingerprint density at radius 3 is 2.80 bits per heavy atom. The number of phenols is 1. The number of rotatable bonds is 0. The Bertz CT molecular complexity index is 340. The van der Waals surface area contributed by atoms with Crippen molar-refractivity contribution in [2.75, 3.05) is 13.6 Å². The van der Waals surface area contributed by atoms with Crippen LogP contribution in [0.3, 0.4) is 0 Å². The molecule has 15 heavy (non-hydrogen) atoms. The highest BCUT2D eigenvalue weighted by molar-refractivity contribution is 5.85. The Kier molecular flexibility index (Phi) is 4.00. The molecule has 0 fully saturated rings. The Hall–Kier alpha value is -0.730. The van der Waals surface area contributed by atoms with Crippen LogP contribution >= 0.6 is 12.4 Å². The average Bonchev–Trinajstić information content (AvgIpc) is 2.27. The van der Waals surface area contributed by atoms with Gasteiger partial charge in [0.1, 0.15) is 5.75 Å². The normalized spacial score (nSPS) is 21.3. The van der Waals surface area contributed by atoms with Crippen LogP contribution in [0.5, 0.6) is 5.75 Å². The van der Waals surface area contributed by atoms with Gasteiger partial charge in [-0.05, 0) is 50.1 Å². The summed E-state index contributed by atoms with van der Waals surface area (Å²) in [5, 5.41) is 9.42. The van der Waals surface area contributed by atoms with E-state index in [0.717, 1.165) is 19.4 Å². The van der Waals surface area contributed by atoms with Crippen molar-refractivity contribution in [2.45, 2.75) is 25.8 Å². The number of fused-ring (bicyclic) bond motifs is 1. The quantitative estimate of drug-likeness (QED) is 0.735. The Balaban J connectivity index is 0.00000112. The molecule has 1 heterocycles. The van der Waals surface area contributed by atoms with Gasteiger partial charge in [0, 0.05) is 12.6 Å². The van der Waals surface area contributed by atoms with Gasteiger partial charge in [-0.25, -0.2) is 0 Å². The number of halogens is 1. The van der Waals surface area contributed by atoms with Gasteiger partial charge in [-0.1, -0.05) is 6.07 Å². The van der Waals surface area contributed by atoms with Gasteiger partial charge in [0.25, 0.3) is 0 Å². The third-order valence-electron chi connectivity index (χ3n) is 3.19. The van der Waals surface area contributed by atoms with Crippen molar-refractivity contribution < 1.29 is 5.11 Å². The molecule has 84 valence electrons. The monoisotopic (exact) mass is 227 g/mol. The Labute approximate surface area is 97.3 Å². The molecule has 1 aromatic rings. The number of hydrogen-bond acceptors (Lipinski definition) is 2. The first kappa shape index (κ1) is 12.3. The molecular weight excluding hydrogens is 210 g/mol. The average molecular weight is 228 g/mol. The number of benzene rings is 1. The van der Waals surface area contributed by atoms with E-state index in [1.165, 1.54) is 11.1 Å². The minimum Gasteiger partial charge on any atom is -0.508 e. The molecule has 1 aliphatic rings. The smallest absolute Gasteiger partial charge is 0.115 e. The molecule has 3 heteroatoms. The van der Waals surface area contributed by atoms with Gasteiger partial charge >= 0.3 is 0 Å². The standard InChI is InChI=1S/C12H17NO.ClH/c1-9-7-11-8-12(14)4-3-10(11)5-6-13(9)2;/h3-4,8-9,14H,5-7H2,1-2H3;1H. The second-order valence-electron chi connectivity index (χ2n) is 4.24. The molecule has 0 saturated heterocycles. The highest BCUT2D eigenvalue weighted by atomic mass is 35.5. The highest BCUT2D eigenvalue weighted by Gasteiger charge is 2.17. The van der Waals surface area contributed by atoms with Gasteiger partial charge in [-0.3, -0.25) is 0 Å². The van der Waals surface area contributed by atoms with Gasteiger partial charge in [-0.15, -0.1) is 12.4 Å². The molecular formula is C12H18ClNO. The maximum Gasteiger partial charge on any atom is 0.115 e. The molecule has 2 nitrogen and oxygen atoms in total. The van der Waals surface area contributed by atoms with Crippen molar-refractivity contribution in [1.29, 1.82) is 0 Å². The van der Waals surface area contributed by atoms with Crippen LogP contribution in [0.2, 0.25) is 0 Å². The predicted octanol–water partition coefficient (Wildman–Crippen LogP) is 2.23. The van der Waals surface area contributed by atoms with Crippen molar-refractivity contribution in [2.24, 2.45) is 0 Å². The maximum atomic E-state index is 9.42. The fourth-order valence-electron chi connectivity index (χ4n) is 2.04. The molecule has 0 aromatic heterocycles. The van der Waals surface area contributed by atoms with Crippen molar-refractivity contribution in [3.8, 4) is 5.75 Å². The minimum absolute atomic E-state index is 0. The van der Waals surface area contributed by atoms with Crippen molar-refractivity contribution in [1.82, 2.24) is 4.90 Å². The second kappa shape index (κ2) is 4.86. The van der Waals surface area contributed by atoms with Crippen molar-refractivity contribution in [3.05, 3.63) is 29.3 Å². The van der Waals surface area contributed by atoms with E-state index < -0.39 is 0 Å². The fourth-order valence-corrected chi connectivity index (χ4v) is 2.04. The number of phenolic OH excluding ortho intramolecular Hbond substituents is 1. The van der Waals surface area contributed by atoms with Crippen molar-refractivity contribution >= 4 is 12.4 Å². The summed E-state index contributed by atoms with van der Waals surface area (Å²) in [5.74, 6) is 0.389. The number of aromatic hydroxyl groups is 1. The Morgan fingerprint density at radius 1 is 1.33 bits per heavy atom. The zero-order chi connectivity index (χ0) is 10.1. The van der Waals surface area contributed by atoms with Crippen LogP contribution in [0.4, 0.5) is 0 Å². The number of hydrogen-bond donors (Lipinski definition) is 1. The summed E-state index contributed by atoms with van der Waals surface area (Å²) in [6.45, 7) is 3.35. The van der Waals surface area contributed by atoms with Crippen LogP contribution in [0, 0.1) is 0 Å². The fraction of sp³-hybridized carbons (Fsp3) is 0.500. The molecule has 1 atom stereocenters. The van der Waals surface area contributed by atoms with Crippen LogP contribution in [-0.2, 0) is 12.8 Å². The maximum absolute atomic E-state index is 9.42. The topological polar surface area (TPSA) is 23.5 Å². The van der Waals surface area contributed by atoms with Crippen LogP contribution in [-0.4, -0.2) is 29.6 Å². The molecule has 1 aliphatic heterocycles. The second-order valence-corrected chi connectivity index (χ2v) is 4.24.